The van der Waals surface area contributed by atoms with E-state index in [0.717, 1.165) is 5.56 Å². The molecule has 3 N–H and O–H groups in total. The number of nitrogen functional groups attached to an aromatic ring is 1. The highest BCUT2D eigenvalue weighted by Gasteiger charge is 2.14. The number of nitrogens with two attached hydrogens (primary N) is 1. The number of nitrogens with one attached hydrogen (secondary N) is 1. The van der Waals surface area contributed by atoms with Gasteiger partial charge in [-0.3, -0.25) is 4.79 Å². The van der Waals surface area contributed by atoms with Crippen molar-refractivity contribution in [2.75, 3.05) is 18.2 Å². The van der Waals surface area contributed by atoms with E-state index in [4.69, 9.17) is 22.1 Å². The molecule has 100 valence electrons. The molecule has 5 nitrogen and oxygen atoms in total. The van der Waals surface area contributed by atoms with Gasteiger partial charge in [0.05, 0.1) is 12.8 Å². The number of rotatable bonds is 3. The Hall–Kier alpha value is -1.79. The average Bonchev–Trinajstić information content (AvgIpc) is 2.80. The molecule has 1 heterocycles. The fourth-order valence-corrected chi connectivity index (χ4v) is 2.20. The average molecular weight is 298 g/mol. The quantitative estimate of drug-likeness (QED) is 0.913. The van der Waals surface area contributed by atoms with E-state index in [-0.39, 0.29) is 11.6 Å². The maximum absolute atomic E-state index is 12.0. The van der Waals surface area contributed by atoms with Crippen LogP contribution in [0.2, 0.25) is 5.02 Å². The molecule has 0 atom stereocenters. The Kier molecular flexibility index (Phi) is 3.92. The van der Waals surface area contributed by atoms with Crippen LogP contribution in [0.3, 0.4) is 0 Å². The van der Waals surface area contributed by atoms with E-state index in [1.54, 1.807) is 17.5 Å². The topological polar surface area (TPSA) is 77.2 Å². The highest BCUT2D eigenvalue weighted by molar-refractivity contribution is 7.13. The largest absolute Gasteiger partial charge is 0.495 e. The first-order valence-electron chi connectivity index (χ1n) is 5.37. The second-order valence-corrected chi connectivity index (χ2v) is 5.12. The SMILES string of the molecule is COc1cc(Cl)c(C)cc1NC(=O)c1csc(N)n1. The highest BCUT2D eigenvalue weighted by atomic mass is 35.5. The van der Waals surface area contributed by atoms with Crippen molar-refractivity contribution in [3.63, 3.8) is 0 Å². The minimum Gasteiger partial charge on any atom is -0.495 e. The highest BCUT2D eigenvalue weighted by Crippen LogP contribution is 2.31. The van der Waals surface area contributed by atoms with Gasteiger partial charge in [-0.05, 0) is 18.6 Å². The molecule has 0 spiro atoms. The van der Waals surface area contributed by atoms with E-state index in [1.807, 2.05) is 6.92 Å². The summed E-state index contributed by atoms with van der Waals surface area (Å²) in [6, 6.07) is 3.40. The second-order valence-electron chi connectivity index (χ2n) is 3.83. The first-order valence-corrected chi connectivity index (χ1v) is 6.63. The van der Waals surface area contributed by atoms with E-state index in [0.29, 0.717) is 21.6 Å². The Bertz CT molecular complexity index is 627. The van der Waals surface area contributed by atoms with Crippen LogP contribution < -0.4 is 15.8 Å². The number of carbonyl (C=O) groups excluding carboxylic acids is 1. The molecule has 0 unspecified atom stereocenters. The molecule has 0 aliphatic heterocycles. The van der Waals surface area contributed by atoms with Crippen molar-refractivity contribution in [3.05, 3.63) is 33.8 Å². The zero-order valence-electron chi connectivity index (χ0n) is 10.4. The van der Waals surface area contributed by atoms with Crippen molar-refractivity contribution in [3.8, 4) is 5.75 Å². The van der Waals surface area contributed by atoms with Crippen molar-refractivity contribution < 1.29 is 9.53 Å². The van der Waals surface area contributed by atoms with Crippen LogP contribution in [0.5, 0.6) is 5.75 Å². The third kappa shape index (κ3) is 2.97. The van der Waals surface area contributed by atoms with E-state index in [9.17, 15) is 4.79 Å². The van der Waals surface area contributed by atoms with Gasteiger partial charge < -0.3 is 15.8 Å². The van der Waals surface area contributed by atoms with Crippen molar-refractivity contribution in [2.45, 2.75) is 6.92 Å². The van der Waals surface area contributed by atoms with Crippen LogP contribution in [0.1, 0.15) is 16.1 Å². The molecule has 19 heavy (non-hydrogen) atoms. The fraction of sp³-hybridized carbons (Fsp3) is 0.167. The minimum absolute atomic E-state index is 0.275. The molecule has 7 heteroatoms. The molecular formula is C12H12ClN3O2S. The summed E-state index contributed by atoms with van der Waals surface area (Å²) >= 11 is 7.21. The zero-order chi connectivity index (χ0) is 14.0. The minimum atomic E-state index is -0.340. The van der Waals surface area contributed by atoms with Crippen LogP contribution in [0.25, 0.3) is 0 Å². The second kappa shape index (κ2) is 5.46. The number of carbonyl (C=O) groups is 1. The summed E-state index contributed by atoms with van der Waals surface area (Å²) in [5.41, 5.74) is 7.16. The van der Waals surface area contributed by atoms with Crippen LogP contribution in [-0.2, 0) is 0 Å². The Morgan fingerprint density at radius 3 is 2.84 bits per heavy atom. The van der Waals surface area contributed by atoms with Crippen molar-refractivity contribution in [2.24, 2.45) is 0 Å². The summed E-state index contributed by atoms with van der Waals surface area (Å²) in [4.78, 5) is 15.9. The third-order valence-corrected chi connectivity index (χ3v) is 3.56. The lowest BCUT2D eigenvalue weighted by Crippen LogP contribution is -2.13. The van der Waals surface area contributed by atoms with Crippen molar-refractivity contribution in [1.29, 1.82) is 0 Å². The standard InChI is InChI=1S/C12H12ClN3O2S/c1-6-3-8(10(18-2)4-7(6)13)15-11(17)9-5-19-12(14)16-9/h3-5H,1-2H3,(H2,14,16)(H,15,17). The van der Waals surface area contributed by atoms with Crippen molar-refractivity contribution in [1.82, 2.24) is 4.98 Å². The van der Waals surface area contributed by atoms with Crippen LogP contribution in [0.15, 0.2) is 17.5 Å². The molecule has 1 amide bonds. The normalized spacial score (nSPS) is 10.3. The van der Waals surface area contributed by atoms with Crippen LogP contribution in [0.4, 0.5) is 10.8 Å². The number of hydrogen-bond donors (Lipinski definition) is 2. The van der Waals surface area contributed by atoms with Gasteiger partial charge in [-0.25, -0.2) is 4.98 Å². The lowest BCUT2D eigenvalue weighted by molar-refractivity contribution is 0.102. The van der Waals surface area contributed by atoms with E-state index < -0.39 is 0 Å². The predicted molar refractivity (Wildman–Crippen MR) is 77.2 cm³/mol. The Balaban J connectivity index is 2.28. The number of amides is 1. The van der Waals surface area contributed by atoms with Gasteiger partial charge in [0.15, 0.2) is 5.13 Å². The summed E-state index contributed by atoms with van der Waals surface area (Å²) in [6.45, 7) is 1.85. The van der Waals surface area contributed by atoms with Crippen LogP contribution in [-0.4, -0.2) is 18.0 Å². The number of ether oxygens (including phenoxy) is 1. The van der Waals surface area contributed by atoms with Crippen molar-refractivity contribution >= 4 is 39.7 Å². The molecule has 0 fully saturated rings. The number of hydrogen-bond acceptors (Lipinski definition) is 5. The maximum atomic E-state index is 12.0. The number of aryl methyl sites for hydroxylation is 1. The summed E-state index contributed by atoms with van der Waals surface area (Å²) in [5, 5.41) is 5.25. The smallest absolute Gasteiger partial charge is 0.275 e. The van der Waals surface area contributed by atoms with Gasteiger partial charge in [0.1, 0.15) is 11.4 Å². The zero-order valence-corrected chi connectivity index (χ0v) is 11.9. The number of methoxy groups -OCH3 is 1. The van der Waals surface area contributed by atoms with Gasteiger partial charge in [-0.1, -0.05) is 11.6 Å². The van der Waals surface area contributed by atoms with E-state index in [1.165, 1.54) is 18.4 Å². The third-order valence-electron chi connectivity index (χ3n) is 2.48. The fourth-order valence-electron chi connectivity index (χ4n) is 1.51. The summed E-state index contributed by atoms with van der Waals surface area (Å²) in [6.07, 6.45) is 0. The number of halogens is 1. The molecule has 2 aromatic rings. The first kappa shape index (κ1) is 13.6. The molecule has 2 rings (SSSR count). The molecule has 0 saturated carbocycles. The first-order chi connectivity index (χ1) is 9.01. The number of thiazole rings is 1. The lowest BCUT2D eigenvalue weighted by atomic mass is 10.2. The summed E-state index contributed by atoms with van der Waals surface area (Å²) in [5.74, 6) is 0.153. The molecule has 1 aromatic carbocycles. The number of benzene rings is 1. The van der Waals surface area contributed by atoms with Crippen LogP contribution in [0, 0.1) is 6.92 Å². The molecule has 0 bridgehead atoms. The Labute approximate surface area is 119 Å². The number of nitrogens with zero attached hydrogens (tertiary/aromatic N) is 1. The molecule has 0 aliphatic carbocycles. The molecule has 1 aromatic heterocycles. The molecule has 0 saturated heterocycles. The lowest BCUT2D eigenvalue weighted by Gasteiger charge is -2.11. The van der Waals surface area contributed by atoms with Gasteiger partial charge in [-0.2, -0.15) is 0 Å². The summed E-state index contributed by atoms with van der Waals surface area (Å²) < 4.78 is 5.18. The molecule has 0 aliphatic rings. The maximum Gasteiger partial charge on any atom is 0.275 e. The summed E-state index contributed by atoms with van der Waals surface area (Å²) in [7, 11) is 1.51. The van der Waals surface area contributed by atoms with Gasteiger partial charge in [0, 0.05) is 16.5 Å². The van der Waals surface area contributed by atoms with Gasteiger partial charge in [0.2, 0.25) is 0 Å². The molecular weight excluding hydrogens is 286 g/mol. The van der Waals surface area contributed by atoms with Crippen LogP contribution >= 0.6 is 22.9 Å². The van der Waals surface area contributed by atoms with Gasteiger partial charge in [0.25, 0.3) is 5.91 Å². The number of anilines is 2. The number of aromatic nitrogens is 1. The van der Waals surface area contributed by atoms with Gasteiger partial charge in [-0.15, -0.1) is 11.3 Å². The predicted octanol–water partition coefficient (Wildman–Crippen LogP) is 2.95. The van der Waals surface area contributed by atoms with E-state index in [2.05, 4.69) is 10.3 Å². The van der Waals surface area contributed by atoms with Gasteiger partial charge >= 0.3 is 0 Å². The monoisotopic (exact) mass is 297 g/mol. The molecule has 0 radical (unpaired) electrons. The van der Waals surface area contributed by atoms with E-state index >= 15 is 0 Å². The Morgan fingerprint density at radius 1 is 1.53 bits per heavy atom. The Morgan fingerprint density at radius 2 is 2.26 bits per heavy atom.